The lowest BCUT2D eigenvalue weighted by atomic mass is 10.0. The molecule has 1 aromatic rings. The molecule has 1 rings (SSSR count). The van der Waals surface area contributed by atoms with Crippen molar-refractivity contribution in [2.45, 2.75) is 46.1 Å². The van der Waals surface area contributed by atoms with Crippen LogP contribution < -0.4 is 10.1 Å². The quantitative estimate of drug-likeness (QED) is 0.805. The minimum Gasteiger partial charge on any atom is -0.483 e. The van der Waals surface area contributed by atoms with Crippen LogP contribution in [0.3, 0.4) is 0 Å². The molecule has 0 radical (unpaired) electrons. The van der Waals surface area contributed by atoms with E-state index in [2.05, 4.69) is 25.2 Å². The standard InChI is InChI=1S/C16H25NO3/c1-11(2)14-6-5-12(3)15(9-14)20-10-16(19)17-13(4)7-8-18/h5-6,9,11,13,18H,7-8,10H2,1-4H3,(H,17,19). The third-order valence-corrected chi connectivity index (χ3v) is 3.21. The van der Waals surface area contributed by atoms with Crippen molar-refractivity contribution < 1.29 is 14.6 Å². The molecule has 0 saturated carbocycles. The van der Waals surface area contributed by atoms with Crippen LogP contribution >= 0.6 is 0 Å². The van der Waals surface area contributed by atoms with Gasteiger partial charge in [-0.15, -0.1) is 0 Å². The van der Waals surface area contributed by atoms with Gasteiger partial charge in [0.2, 0.25) is 0 Å². The van der Waals surface area contributed by atoms with E-state index in [-0.39, 0.29) is 25.2 Å². The fourth-order valence-corrected chi connectivity index (χ4v) is 1.86. The van der Waals surface area contributed by atoms with Crippen LogP contribution in [-0.2, 0) is 4.79 Å². The lowest BCUT2D eigenvalue weighted by molar-refractivity contribution is -0.123. The average molecular weight is 279 g/mol. The molecule has 1 unspecified atom stereocenters. The van der Waals surface area contributed by atoms with Gasteiger partial charge in [-0.1, -0.05) is 26.0 Å². The maximum atomic E-state index is 11.7. The molecule has 0 aliphatic carbocycles. The highest BCUT2D eigenvalue weighted by Gasteiger charge is 2.09. The number of amides is 1. The van der Waals surface area contributed by atoms with Crippen molar-refractivity contribution in [3.63, 3.8) is 0 Å². The van der Waals surface area contributed by atoms with Crippen molar-refractivity contribution >= 4 is 5.91 Å². The summed E-state index contributed by atoms with van der Waals surface area (Å²) in [5.74, 6) is 1.01. The number of aliphatic hydroxyl groups excluding tert-OH is 1. The Morgan fingerprint density at radius 2 is 2.05 bits per heavy atom. The summed E-state index contributed by atoms with van der Waals surface area (Å²) < 4.78 is 5.59. The van der Waals surface area contributed by atoms with Gasteiger partial charge in [-0.25, -0.2) is 0 Å². The second kappa shape index (κ2) is 7.90. The highest BCUT2D eigenvalue weighted by Crippen LogP contribution is 2.24. The van der Waals surface area contributed by atoms with Gasteiger partial charge in [-0.2, -0.15) is 0 Å². The number of benzene rings is 1. The second-order valence-electron chi connectivity index (χ2n) is 5.45. The zero-order chi connectivity index (χ0) is 15.1. The fourth-order valence-electron chi connectivity index (χ4n) is 1.86. The number of aryl methyl sites for hydroxylation is 1. The third-order valence-electron chi connectivity index (χ3n) is 3.21. The zero-order valence-electron chi connectivity index (χ0n) is 12.8. The molecule has 0 aliphatic rings. The number of aliphatic hydroxyl groups is 1. The molecule has 112 valence electrons. The number of rotatable bonds is 7. The molecule has 0 saturated heterocycles. The molecule has 0 spiro atoms. The lowest BCUT2D eigenvalue weighted by Gasteiger charge is -2.15. The van der Waals surface area contributed by atoms with Gasteiger partial charge < -0.3 is 15.2 Å². The number of ether oxygens (including phenoxy) is 1. The van der Waals surface area contributed by atoms with E-state index >= 15 is 0 Å². The van der Waals surface area contributed by atoms with Crippen LogP contribution in [0.25, 0.3) is 0 Å². The maximum Gasteiger partial charge on any atom is 0.258 e. The molecule has 4 nitrogen and oxygen atoms in total. The van der Waals surface area contributed by atoms with Crippen molar-refractivity contribution in [2.75, 3.05) is 13.2 Å². The van der Waals surface area contributed by atoms with E-state index in [4.69, 9.17) is 9.84 Å². The number of hydrogen-bond donors (Lipinski definition) is 2. The van der Waals surface area contributed by atoms with Gasteiger partial charge in [0.1, 0.15) is 5.75 Å². The van der Waals surface area contributed by atoms with Crippen molar-refractivity contribution in [1.82, 2.24) is 5.32 Å². The lowest BCUT2D eigenvalue weighted by Crippen LogP contribution is -2.36. The zero-order valence-corrected chi connectivity index (χ0v) is 12.8. The van der Waals surface area contributed by atoms with Crippen LogP contribution in [0.2, 0.25) is 0 Å². The normalized spacial score (nSPS) is 12.3. The summed E-state index contributed by atoms with van der Waals surface area (Å²) in [5.41, 5.74) is 2.21. The van der Waals surface area contributed by atoms with Gasteiger partial charge in [0.05, 0.1) is 0 Å². The SMILES string of the molecule is Cc1ccc(C(C)C)cc1OCC(=O)NC(C)CCO. The smallest absolute Gasteiger partial charge is 0.258 e. The molecule has 1 amide bonds. The summed E-state index contributed by atoms with van der Waals surface area (Å²) in [6.07, 6.45) is 0.549. The van der Waals surface area contributed by atoms with Crippen LogP contribution in [0.4, 0.5) is 0 Å². The van der Waals surface area contributed by atoms with E-state index in [0.29, 0.717) is 12.3 Å². The van der Waals surface area contributed by atoms with Crippen molar-refractivity contribution in [3.05, 3.63) is 29.3 Å². The molecule has 20 heavy (non-hydrogen) atoms. The van der Waals surface area contributed by atoms with Crippen LogP contribution in [-0.4, -0.2) is 30.3 Å². The Balaban J connectivity index is 2.56. The summed E-state index contributed by atoms with van der Waals surface area (Å²) in [6.45, 7) is 8.13. The summed E-state index contributed by atoms with van der Waals surface area (Å²) in [4.78, 5) is 11.7. The molecule has 2 N–H and O–H groups in total. The van der Waals surface area contributed by atoms with Gasteiger partial charge in [0, 0.05) is 12.6 Å². The molecule has 0 fully saturated rings. The largest absolute Gasteiger partial charge is 0.483 e. The fraction of sp³-hybridized carbons (Fsp3) is 0.562. The second-order valence-corrected chi connectivity index (χ2v) is 5.45. The summed E-state index contributed by atoms with van der Waals surface area (Å²) in [5, 5.41) is 11.6. The van der Waals surface area contributed by atoms with Gasteiger partial charge in [0.25, 0.3) is 5.91 Å². The minimum absolute atomic E-state index is 0.00183. The minimum atomic E-state index is -0.166. The van der Waals surface area contributed by atoms with Crippen molar-refractivity contribution in [1.29, 1.82) is 0 Å². The first-order chi connectivity index (χ1) is 9.43. The highest BCUT2D eigenvalue weighted by atomic mass is 16.5. The summed E-state index contributed by atoms with van der Waals surface area (Å²) in [6, 6.07) is 6.04. The van der Waals surface area contributed by atoms with E-state index in [1.807, 2.05) is 26.0 Å². The molecule has 0 aliphatic heterocycles. The van der Waals surface area contributed by atoms with Crippen LogP contribution in [0.1, 0.15) is 44.2 Å². The molecule has 1 atom stereocenters. The number of carbonyl (C=O) groups excluding carboxylic acids is 1. The van der Waals surface area contributed by atoms with Crippen LogP contribution in [0.5, 0.6) is 5.75 Å². The Labute approximate surface area is 121 Å². The molecular formula is C16H25NO3. The monoisotopic (exact) mass is 279 g/mol. The van der Waals surface area contributed by atoms with E-state index < -0.39 is 0 Å². The molecule has 0 heterocycles. The topological polar surface area (TPSA) is 58.6 Å². The van der Waals surface area contributed by atoms with Gasteiger partial charge >= 0.3 is 0 Å². The van der Waals surface area contributed by atoms with Gasteiger partial charge in [-0.3, -0.25) is 4.79 Å². The first-order valence-corrected chi connectivity index (χ1v) is 7.07. The predicted molar refractivity (Wildman–Crippen MR) is 80.1 cm³/mol. The Bertz CT molecular complexity index is 443. The summed E-state index contributed by atoms with van der Waals surface area (Å²) >= 11 is 0. The maximum absolute atomic E-state index is 11.7. The first-order valence-electron chi connectivity index (χ1n) is 7.07. The Kier molecular flexibility index (Phi) is 6.52. The van der Waals surface area contributed by atoms with E-state index in [9.17, 15) is 4.79 Å². The number of nitrogens with one attached hydrogen (secondary N) is 1. The predicted octanol–water partition coefficient (Wildman–Crippen LogP) is 2.38. The Morgan fingerprint density at radius 3 is 2.65 bits per heavy atom. The average Bonchev–Trinajstić information content (AvgIpc) is 2.37. The summed E-state index contributed by atoms with van der Waals surface area (Å²) in [7, 11) is 0. The molecule has 0 aromatic heterocycles. The third kappa shape index (κ3) is 5.21. The van der Waals surface area contributed by atoms with Crippen LogP contribution in [0, 0.1) is 6.92 Å². The van der Waals surface area contributed by atoms with Crippen molar-refractivity contribution in [2.24, 2.45) is 0 Å². The van der Waals surface area contributed by atoms with Crippen molar-refractivity contribution in [3.8, 4) is 5.75 Å². The van der Waals surface area contributed by atoms with Crippen LogP contribution in [0.15, 0.2) is 18.2 Å². The molecule has 4 heteroatoms. The van der Waals surface area contributed by atoms with Gasteiger partial charge in [-0.05, 0) is 43.4 Å². The first kappa shape index (κ1) is 16.5. The molecule has 1 aromatic carbocycles. The van der Waals surface area contributed by atoms with E-state index in [1.54, 1.807) is 0 Å². The van der Waals surface area contributed by atoms with Gasteiger partial charge in [0.15, 0.2) is 6.61 Å². The molecular weight excluding hydrogens is 254 g/mol. The van der Waals surface area contributed by atoms with E-state index in [1.165, 1.54) is 5.56 Å². The van der Waals surface area contributed by atoms with E-state index in [0.717, 1.165) is 11.3 Å². The Hall–Kier alpha value is -1.55. The highest BCUT2D eigenvalue weighted by molar-refractivity contribution is 5.77. The number of carbonyl (C=O) groups is 1. The molecule has 0 bridgehead atoms. The Morgan fingerprint density at radius 1 is 1.35 bits per heavy atom. The number of hydrogen-bond acceptors (Lipinski definition) is 3.